The first-order valence-electron chi connectivity index (χ1n) is 8.59. The number of aryl methyl sites for hydroxylation is 1. The summed E-state index contributed by atoms with van der Waals surface area (Å²) in [7, 11) is 0. The number of carbonyl (C=O) groups excluding carboxylic acids is 1. The van der Waals surface area contributed by atoms with Crippen molar-refractivity contribution in [1.29, 1.82) is 0 Å². The van der Waals surface area contributed by atoms with E-state index >= 15 is 0 Å². The lowest BCUT2D eigenvalue weighted by Gasteiger charge is -2.09. The number of halogens is 2. The zero-order valence-corrected chi connectivity index (χ0v) is 19.2. The summed E-state index contributed by atoms with van der Waals surface area (Å²) in [5, 5.41) is 4.06. The zero-order chi connectivity index (χ0) is 20.1. The van der Waals surface area contributed by atoms with Crippen molar-refractivity contribution in [1.82, 2.24) is 9.99 Å². The van der Waals surface area contributed by atoms with E-state index in [0.717, 1.165) is 27.1 Å². The summed E-state index contributed by atoms with van der Waals surface area (Å²) in [6.07, 6.45) is 1.66. The molecule has 0 aliphatic rings. The summed E-state index contributed by atoms with van der Waals surface area (Å²) < 4.78 is 9.74. The third-order valence-corrected chi connectivity index (χ3v) is 5.38. The molecule has 0 radical (unpaired) electrons. The van der Waals surface area contributed by atoms with Crippen LogP contribution in [0.5, 0.6) is 5.75 Å². The first-order valence-corrected chi connectivity index (χ1v) is 10.5. The summed E-state index contributed by atoms with van der Waals surface area (Å²) in [4.78, 5) is 11.9. The van der Waals surface area contributed by atoms with Crippen LogP contribution in [0, 0.1) is 17.4 Å². The Bertz CT molecular complexity index is 996. The van der Waals surface area contributed by atoms with Gasteiger partial charge in [0, 0.05) is 30.7 Å². The van der Waals surface area contributed by atoms with Crippen molar-refractivity contribution in [2.45, 2.75) is 13.8 Å². The second kappa shape index (κ2) is 9.38. The van der Waals surface area contributed by atoms with Crippen molar-refractivity contribution in [2.24, 2.45) is 5.10 Å². The Hall–Kier alpha value is -2.13. The number of carbonyl (C=O) groups is 1. The van der Waals surface area contributed by atoms with Crippen molar-refractivity contribution in [3.63, 3.8) is 0 Å². The van der Waals surface area contributed by atoms with Gasteiger partial charge in [0.1, 0.15) is 5.75 Å². The molecular formula is C21H19BrIN3O2. The number of hydrogen-bond acceptors (Lipinski definition) is 3. The number of hydrogen-bond donors (Lipinski definition) is 1. The van der Waals surface area contributed by atoms with Crippen LogP contribution in [-0.2, 0) is 4.79 Å². The molecule has 3 aromatic rings. The molecule has 0 bridgehead atoms. The van der Waals surface area contributed by atoms with Crippen molar-refractivity contribution in [2.75, 3.05) is 6.61 Å². The molecule has 0 unspecified atom stereocenters. The second-order valence-electron chi connectivity index (χ2n) is 6.17. The van der Waals surface area contributed by atoms with E-state index in [1.54, 1.807) is 18.3 Å². The van der Waals surface area contributed by atoms with Crippen LogP contribution < -0.4 is 10.2 Å². The van der Waals surface area contributed by atoms with Gasteiger partial charge in [0.25, 0.3) is 5.91 Å². The standard InChI is InChI=1S/C21H19BrIN3O2/c1-14-11-16(15(2)26(14)19-7-5-18(23)6-8-19)12-24-25-21(27)13-28-20-9-3-17(22)4-10-20/h3-12H,13H2,1-2H3,(H,25,27)/b24-12-. The first kappa shape index (κ1) is 20.6. The van der Waals surface area contributed by atoms with E-state index in [0.29, 0.717) is 5.75 Å². The van der Waals surface area contributed by atoms with Crippen molar-refractivity contribution in [3.8, 4) is 11.4 Å². The highest BCUT2D eigenvalue weighted by atomic mass is 127. The quantitative estimate of drug-likeness (QED) is 0.266. The van der Waals surface area contributed by atoms with Crippen molar-refractivity contribution in [3.05, 3.63) is 79.6 Å². The number of rotatable bonds is 6. The number of benzene rings is 2. The van der Waals surface area contributed by atoms with Gasteiger partial charge in [0.15, 0.2) is 6.61 Å². The molecule has 1 amide bonds. The Labute approximate surface area is 186 Å². The van der Waals surface area contributed by atoms with Crippen molar-refractivity contribution >= 4 is 50.6 Å². The molecule has 1 heterocycles. The molecule has 0 spiro atoms. The maximum absolute atomic E-state index is 11.9. The predicted octanol–water partition coefficient (Wildman–Crippen LogP) is 4.99. The van der Waals surface area contributed by atoms with Crippen LogP contribution in [0.25, 0.3) is 5.69 Å². The average molecular weight is 552 g/mol. The Morgan fingerprint density at radius 1 is 1.18 bits per heavy atom. The minimum Gasteiger partial charge on any atom is -0.484 e. The van der Waals surface area contributed by atoms with Gasteiger partial charge in [0.05, 0.1) is 6.21 Å². The van der Waals surface area contributed by atoms with E-state index in [1.165, 1.54) is 3.57 Å². The highest BCUT2D eigenvalue weighted by Crippen LogP contribution is 2.20. The molecule has 1 N–H and O–H groups in total. The molecule has 0 saturated heterocycles. The number of aromatic nitrogens is 1. The Balaban J connectivity index is 1.61. The van der Waals surface area contributed by atoms with Gasteiger partial charge in [-0.2, -0.15) is 5.10 Å². The van der Waals surface area contributed by atoms with Gasteiger partial charge in [-0.05, 0) is 91.0 Å². The van der Waals surface area contributed by atoms with Crippen LogP contribution >= 0.6 is 38.5 Å². The van der Waals surface area contributed by atoms with Crippen LogP contribution in [0.1, 0.15) is 17.0 Å². The van der Waals surface area contributed by atoms with E-state index in [-0.39, 0.29) is 12.5 Å². The lowest BCUT2D eigenvalue weighted by atomic mass is 10.2. The van der Waals surface area contributed by atoms with E-state index in [1.807, 2.05) is 32.0 Å². The molecule has 0 aliphatic carbocycles. The molecule has 144 valence electrons. The van der Waals surface area contributed by atoms with Crippen LogP contribution in [0.3, 0.4) is 0 Å². The number of nitrogens with one attached hydrogen (secondary N) is 1. The highest BCUT2D eigenvalue weighted by Gasteiger charge is 2.09. The number of ether oxygens (including phenoxy) is 1. The molecule has 0 aliphatic heterocycles. The van der Waals surface area contributed by atoms with Gasteiger partial charge < -0.3 is 9.30 Å². The van der Waals surface area contributed by atoms with Gasteiger partial charge in [-0.3, -0.25) is 4.79 Å². The predicted molar refractivity (Wildman–Crippen MR) is 123 cm³/mol. The number of amides is 1. The Morgan fingerprint density at radius 3 is 2.54 bits per heavy atom. The Kier molecular flexibility index (Phi) is 6.90. The van der Waals surface area contributed by atoms with Gasteiger partial charge in [-0.25, -0.2) is 5.43 Å². The van der Waals surface area contributed by atoms with Crippen LogP contribution in [0.15, 0.2) is 64.2 Å². The maximum atomic E-state index is 11.9. The fourth-order valence-electron chi connectivity index (χ4n) is 2.79. The molecule has 2 aromatic carbocycles. The average Bonchev–Trinajstić information content (AvgIpc) is 2.96. The SMILES string of the molecule is Cc1cc(/C=N\NC(=O)COc2ccc(Br)cc2)c(C)n1-c1ccc(I)cc1. The van der Waals surface area contributed by atoms with Gasteiger partial charge >= 0.3 is 0 Å². The molecule has 7 heteroatoms. The van der Waals surface area contributed by atoms with Gasteiger partial charge in [-0.1, -0.05) is 15.9 Å². The maximum Gasteiger partial charge on any atom is 0.277 e. The lowest BCUT2D eigenvalue weighted by molar-refractivity contribution is -0.123. The van der Waals surface area contributed by atoms with E-state index < -0.39 is 0 Å². The fraction of sp³-hybridized carbons (Fsp3) is 0.143. The van der Waals surface area contributed by atoms with Crippen LogP contribution in [0.2, 0.25) is 0 Å². The summed E-state index contributed by atoms with van der Waals surface area (Å²) in [6, 6.07) is 17.7. The largest absolute Gasteiger partial charge is 0.484 e. The molecule has 28 heavy (non-hydrogen) atoms. The Morgan fingerprint density at radius 2 is 1.86 bits per heavy atom. The third kappa shape index (κ3) is 5.23. The molecule has 0 atom stereocenters. The fourth-order valence-corrected chi connectivity index (χ4v) is 3.42. The molecule has 1 aromatic heterocycles. The minimum absolute atomic E-state index is 0.0966. The minimum atomic E-state index is -0.314. The van der Waals surface area contributed by atoms with Gasteiger partial charge in [0.2, 0.25) is 0 Å². The van der Waals surface area contributed by atoms with Crippen LogP contribution in [0.4, 0.5) is 0 Å². The van der Waals surface area contributed by atoms with Gasteiger partial charge in [-0.15, -0.1) is 0 Å². The zero-order valence-electron chi connectivity index (χ0n) is 15.4. The summed E-state index contributed by atoms with van der Waals surface area (Å²) >= 11 is 5.65. The summed E-state index contributed by atoms with van der Waals surface area (Å²) in [5.74, 6) is 0.314. The lowest BCUT2D eigenvalue weighted by Crippen LogP contribution is -2.24. The third-order valence-electron chi connectivity index (χ3n) is 4.13. The van der Waals surface area contributed by atoms with Crippen molar-refractivity contribution < 1.29 is 9.53 Å². The number of nitrogens with zero attached hydrogens (tertiary/aromatic N) is 2. The highest BCUT2D eigenvalue weighted by molar-refractivity contribution is 14.1. The molecule has 0 fully saturated rings. The molecular weight excluding hydrogens is 533 g/mol. The normalized spacial score (nSPS) is 11.0. The molecule has 0 saturated carbocycles. The summed E-state index contributed by atoms with van der Waals surface area (Å²) in [5.41, 5.74) is 6.71. The van der Waals surface area contributed by atoms with Crippen LogP contribution in [-0.4, -0.2) is 23.3 Å². The summed E-state index contributed by atoms with van der Waals surface area (Å²) in [6.45, 7) is 3.98. The topological polar surface area (TPSA) is 55.6 Å². The van der Waals surface area contributed by atoms with E-state index in [9.17, 15) is 4.79 Å². The number of hydrazone groups is 1. The van der Waals surface area contributed by atoms with E-state index in [2.05, 4.69) is 77.9 Å². The molecule has 5 nitrogen and oxygen atoms in total. The van der Waals surface area contributed by atoms with E-state index in [4.69, 9.17) is 4.74 Å². The first-order chi connectivity index (χ1) is 13.4. The second-order valence-corrected chi connectivity index (χ2v) is 8.34. The smallest absolute Gasteiger partial charge is 0.277 e. The monoisotopic (exact) mass is 551 g/mol. The molecule has 3 rings (SSSR count).